The molecule has 9 heteroatoms. The molecule has 0 fully saturated rings. The molecule has 0 spiro atoms. The Morgan fingerprint density at radius 2 is 2.00 bits per heavy atom. The van der Waals surface area contributed by atoms with E-state index in [0.29, 0.717) is 11.3 Å². The summed E-state index contributed by atoms with van der Waals surface area (Å²) >= 11 is 0. The predicted molar refractivity (Wildman–Crippen MR) is 113 cm³/mol. The summed E-state index contributed by atoms with van der Waals surface area (Å²) in [4.78, 5) is 16.1. The van der Waals surface area contributed by atoms with Gasteiger partial charge in [0.2, 0.25) is 5.95 Å². The van der Waals surface area contributed by atoms with Gasteiger partial charge in [0.1, 0.15) is 17.2 Å². The highest BCUT2D eigenvalue weighted by Crippen LogP contribution is 2.29. The number of hydrogen-bond donors (Lipinski definition) is 3. The van der Waals surface area contributed by atoms with Crippen molar-refractivity contribution in [2.45, 2.75) is 13.0 Å². The number of imidazole rings is 1. The Hall–Kier alpha value is -3.85. The molecule has 0 saturated heterocycles. The summed E-state index contributed by atoms with van der Waals surface area (Å²) in [6.07, 6.45) is 5.06. The monoisotopic (exact) mass is 417 g/mol. The van der Waals surface area contributed by atoms with Crippen LogP contribution in [0.4, 0.5) is 20.4 Å². The maximum atomic E-state index is 14.6. The Kier molecular flexibility index (Phi) is 3.97. The van der Waals surface area contributed by atoms with Crippen molar-refractivity contribution in [3.63, 3.8) is 0 Å². The Labute approximate surface area is 175 Å². The second kappa shape index (κ2) is 6.85. The Balaban J connectivity index is 1.38. The van der Waals surface area contributed by atoms with E-state index in [1.54, 1.807) is 4.40 Å². The third-order valence-corrected chi connectivity index (χ3v) is 5.57. The number of pyridine rings is 1. The summed E-state index contributed by atoms with van der Waals surface area (Å²) in [6, 6.07) is 8.56. The van der Waals surface area contributed by atoms with Crippen LogP contribution in [0.5, 0.6) is 0 Å². The van der Waals surface area contributed by atoms with Gasteiger partial charge in [-0.2, -0.15) is 0 Å². The second-order valence-corrected chi connectivity index (χ2v) is 7.50. The molecular formula is C22H17F2N7. The SMILES string of the molecule is Fc1ccn2c(-c3nc(Nc4ccc5[nH]c6c(c5c4)CNCC6)ncc3F)cnc2c1. The average molecular weight is 417 g/mol. The molecule has 7 nitrogen and oxygen atoms in total. The third kappa shape index (κ3) is 3.01. The number of nitrogens with one attached hydrogen (secondary N) is 3. The highest BCUT2D eigenvalue weighted by molar-refractivity contribution is 5.88. The minimum Gasteiger partial charge on any atom is -0.358 e. The van der Waals surface area contributed by atoms with Crippen molar-refractivity contribution in [3.05, 3.63) is 71.8 Å². The number of benzene rings is 1. The van der Waals surface area contributed by atoms with Gasteiger partial charge in [-0.15, -0.1) is 0 Å². The van der Waals surface area contributed by atoms with Crippen LogP contribution in [0.2, 0.25) is 0 Å². The van der Waals surface area contributed by atoms with E-state index in [1.807, 2.05) is 18.2 Å². The molecule has 0 unspecified atom stereocenters. The molecule has 0 bridgehead atoms. The Bertz CT molecular complexity index is 1450. The number of aromatic nitrogens is 5. The molecule has 5 heterocycles. The first-order valence-electron chi connectivity index (χ1n) is 9.92. The van der Waals surface area contributed by atoms with Gasteiger partial charge >= 0.3 is 0 Å². The molecule has 1 aliphatic rings. The van der Waals surface area contributed by atoms with Crippen LogP contribution in [0.3, 0.4) is 0 Å². The van der Waals surface area contributed by atoms with E-state index in [1.165, 1.54) is 35.8 Å². The first-order chi connectivity index (χ1) is 15.2. The summed E-state index contributed by atoms with van der Waals surface area (Å²) in [5, 5.41) is 7.70. The molecule has 1 aliphatic heterocycles. The van der Waals surface area contributed by atoms with Gasteiger partial charge in [0.15, 0.2) is 5.82 Å². The zero-order valence-corrected chi connectivity index (χ0v) is 16.3. The molecule has 31 heavy (non-hydrogen) atoms. The molecule has 0 atom stereocenters. The Morgan fingerprint density at radius 3 is 2.94 bits per heavy atom. The number of halogens is 2. The van der Waals surface area contributed by atoms with Gasteiger partial charge in [0, 0.05) is 54.1 Å². The molecule has 1 aromatic carbocycles. The number of anilines is 2. The molecule has 3 N–H and O–H groups in total. The minimum atomic E-state index is -0.585. The smallest absolute Gasteiger partial charge is 0.227 e. The molecule has 0 aliphatic carbocycles. The number of rotatable bonds is 3. The van der Waals surface area contributed by atoms with Crippen LogP contribution in [-0.4, -0.2) is 30.9 Å². The van der Waals surface area contributed by atoms with Crippen molar-refractivity contribution in [1.29, 1.82) is 0 Å². The summed E-state index contributed by atoms with van der Waals surface area (Å²) in [5.41, 5.74) is 5.29. The van der Waals surface area contributed by atoms with Crippen molar-refractivity contribution in [2.75, 3.05) is 11.9 Å². The molecule has 4 aromatic heterocycles. The molecule has 6 rings (SSSR count). The maximum absolute atomic E-state index is 14.6. The number of fused-ring (bicyclic) bond motifs is 4. The maximum Gasteiger partial charge on any atom is 0.227 e. The van der Waals surface area contributed by atoms with E-state index in [0.717, 1.165) is 42.3 Å². The summed E-state index contributed by atoms with van der Waals surface area (Å²) < 4.78 is 29.6. The van der Waals surface area contributed by atoms with Crippen LogP contribution in [0.1, 0.15) is 11.3 Å². The van der Waals surface area contributed by atoms with Crippen LogP contribution in [-0.2, 0) is 13.0 Å². The van der Waals surface area contributed by atoms with Crippen LogP contribution >= 0.6 is 0 Å². The number of nitrogens with zero attached hydrogens (tertiary/aromatic N) is 4. The molecule has 154 valence electrons. The Morgan fingerprint density at radius 1 is 1.06 bits per heavy atom. The quantitative estimate of drug-likeness (QED) is 0.414. The van der Waals surface area contributed by atoms with E-state index in [4.69, 9.17) is 0 Å². The molecule has 0 amide bonds. The van der Waals surface area contributed by atoms with Gasteiger partial charge < -0.3 is 15.6 Å². The third-order valence-electron chi connectivity index (χ3n) is 5.57. The average Bonchev–Trinajstić information content (AvgIpc) is 3.36. The van der Waals surface area contributed by atoms with E-state index in [2.05, 4.69) is 30.6 Å². The predicted octanol–water partition coefficient (Wildman–Crippen LogP) is 3.94. The van der Waals surface area contributed by atoms with Gasteiger partial charge in [-0.05, 0) is 29.8 Å². The van der Waals surface area contributed by atoms with Crippen LogP contribution in [0.15, 0.2) is 48.9 Å². The van der Waals surface area contributed by atoms with Gasteiger partial charge in [-0.25, -0.2) is 23.7 Å². The summed E-state index contributed by atoms with van der Waals surface area (Å²) in [5.74, 6) is -0.735. The van der Waals surface area contributed by atoms with Crippen molar-refractivity contribution in [1.82, 2.24) is 29.7 Å². The van der Waals surface area contributed by atoms with Crippen molar-refractivity contribution in [2.24, 2.45) is 0 Å². The normalized spacial score (nSPS) is 13.6. The lowest BCUT2D eigenvalue weighted by atomic mass is 10.1. The first-order valence-corrected chi connectivity index (χ1v) is 9.92. The highest BCUT2D eigenvalue weighted by atomic mass is 19.1. The van der Waals surface area contributed by atoms with E-state index < -0.39 is 11.6 Å². The molecule has 0 radical (unpaired) electrons. The van der Waals surface area contributed by atoms with Crippen molar-refractivity contribution >= 4 is 28.2 Å². The highest BCUT2D eigenvalue weighted by Gasteiger charge is 2.17. The summed E-state index contributed by atoms with van der Waals surface area (Å²) in [7, 11) is 0. The molecule has 0 saturated carbocycles. The fraction of sp³-hybridized carbons (Fsp3) is 0.136. The zero-order valence-electron chi connectivity index (χ0n) is 16.3. The standard InChI is InChI=1S/C22H17F2N7/c23-12-4-6-31-19(11-26-20(31)7-12)21-16(24)10-27-22(30-21)28-13-1-2-17-14(8-13)15-9-25-5-3-18(15)29-17/h1-2,4,6-8,10-11,25,29H,3,5,9H2,(H,27,28,30). The van der Waals surface area contributed by atoms with E-state index in [-0.39, 0.29) is 11.6 Å². The van der Waals surface area contributed by atoms with Gasteiger partial charge in [0.05, 0.1) is 18.1 Å². The van der Waals surface area contributed by atoms with Crippen LogP contribution in [0.25, 0.3) is 27.9 Å². The summed E-state index contributed by atoms with van der Waals surface area (Å²) in [6.45, 7) is 1.79. The van der Waals surface area contributed by atoms with Gasteiger partial charge in [-0.3, -0.25) is 4.40 Å². The topological polar surface area (TPSA) is 82.9 Å². The lowest BCUT2D eigenvalue weighted by Gasteiger charge is -2.12. The second-order valence-electron chi connectivity index (χ2n) is 7.50. The molecule has 5 aromatic rings. The fourth-order valence-electron chi connectivity index (χ4n) is 4.09. The first kappa shape index (κ1) is 18.0. The molecular weight excluding hydrogens is 400 g/mol. The lowest BCUT2D eigenvalue weighted by Crippen LogP contribution is -2.22. The lowest BCUT2D eigenvalue weighted by molar-refractivity contribution is 0.617. The van der Waals surface area contributed by atoms with Crippen molar-refractivity contribution in [3.8, 4) is 11.4 Å². The fourth-order valence-corrected chi connectivity index (χ4v) is 4.09. The van der Waals surface area contributed by atoms with Gasteiger partial charge in [0.25, 0.3) is 0 Å². The van der Waals surface area contributed by atoms with Crippen LogP contribution in [0, 0.1) is 11.6 Å². The number of hydrogen-bond acceptors (Lipinski definition) is 5. The van der Waals surface area contributed by atoms with Crippen LogP contribution < -0.4 is 10.6 Å². The van der Waals surface area contributed by atoms with E-state index >= 15 is 0 Å². The van der Waals surface area contributed by atoms with Crippen molar-refractivity contribution < 1.29 is 8.78 Å². The minimum absolute atomic E-state index is 0.0842. The van der Waals surface area contributed by atoms with E-state index in [9.17, 15) is 8.78 Å². The van der Waals surface area contributed by atoms with Gasteiger partial charge in [-0.1, -0.05) is 0 Å². The zero-order chi connectivity index (χ0) is 20.9. The number of aromatic amines is 1. The number of H-pyrrole nitrogens is 1. The largest absolute Gasteiger partial charge is 0.358 e.